The maximum Gasteiger partial charge on any atom is 0.276 e. The molecule has 8 nitrogen and oxygen atoms in total. The summed E-state index contributed by atoms with van der Waals surface area (Å²) in [6.07, 6.45) is 3.51. The summed E-state index contributed by atoms with van der Waals surface area (Å²) in [5.41, 5.74) is 1.93. The smallest absolute Gasteiger partial charge is 0.276 e. The number of carbonyl (C=O) groups excluding carboxylic acids is 2. The molecule has 144 valence electrons. The van der Waals surface area contributed by atoms with Crippen LogP contribution < -0.4 is 5.32 Å². The number of fused-ring (bicyclic) bond motifs is 1. The van der Waals surface area contributed by atoms with Crippen LogP contribution in [0.25, 0.3) is 0 Å². The lowest BCUT2D eigenvalue weighted by atomic mass is 10.2. The number of imidazole rings is 1. The second-order valence-electron chi connectivity index (χ2n) is 6.88. The van der Waals surface area contributed by atoms with Crippen LogP contribution in [0.5, 0.6) is 0 Å². The Morgan fingerprint density at radius 2 is 1.96 bits per heavy atom. The molecule has 3 aromatic rings. The Kier molecular flexibility index (Phi) is 4.68. The van der Waals surface area contributed by atoms with Crippen molar-refractivity contribution in [3.8, 4) is 0 Å². The Labute approximate surface area is 162 Å². The van der Waals surface area contributed by atoms with E-state index in [9.17, 15) is 9.59 Å². The average Bonchev–Trinajstić information content (AvgIpc) is 3.33. The highest BCUT2D eigenvalue weighted by atomic mass is 16.2. The van der Waals surface area contributed by atoms with E-state index in [1.54, 1.807) is 21.8 Å². The van der Waals surface area contributed by atoms with Gasteiger partial charge in [0.1, 0.15) is 11.9 Å². The highest BCUT2D eigenvalue weighted by molar-refractivity contribution is 6.02. The molecule has 0 saturated heterocycles. The zero-order valence-corrected chi connectivity index (χ0v) is 15.9. The van der Waals surface area contributed by atoms with Crippen molar-refractivity contribution in [3.63, 3.8) is 0 Å². The molecule has 0 saturated carbocycles. The molecular weight excluding hydrogens is 356 g/mol. The topological polar surface area (TPSA) is 85.1 Å². The molecular formula is C20H22N6O2. The number of hydrogen-bond acceptors (Lipinski definition) is 4. The zero-order chi connectivity index (χ0) is 19.7. The van der Waals surface area contributed by atoms with Gasteiger partial charge in [0.25, 0.3) is 5.91 Å². The first kappa shape index (κ1) is 18.0. The Morgan fingerprint density at radius 3 is 2.68 bits per heavy atom. The van der Waals surface area contributed by atoms with Crippen molar-refractivity contribution in [3.05, 3.63) is 66.0 Å². The predicted molar refractivity (Wildman–Crippen MR) is 104 cm³/mol. The number of rotatable bonds is 4. The molecule has 1 aliphatic rings. The normalized spacial score (nSPS) is 14.4. The van der Waals surface area contributed by atoms with E-state index in [1.807, 2.05) is 54.9 Å². The minimum Gasteiger partial charge on any atom is -0.333 e. The first-order chi connectivity index (χ1) is 13.5. The van der Waals surface area contributed by atoms with Crippen molar-refractivity contribution in [1.82, 2.24) is 24.2 Å². The van der Waals surface area contributed by atoms with Gasteiger partial charge in [0.15, 0.2) is 5.69 Å². The second kappa shape index (κ2) is 7.30. The lowest BCUT2D eigenvalue weighted by molar-refractivity contribution is -0.135. The summed E-state index contributed by atoms with van der Waals surface area (Å²) >= 11 is 0. The molecule has 4 rings (SSSR count). The maximum absolute atomic E-state index is 12.9. The molecule has 0 radical (unpaired) electrons. The van der Waals surface area contributed by atoms with Crippen LogP contribution in [0.15, 0.2) is 48.8 Å². The van der Waals surface area contributed by atoms with Crippen molar-refractivity contribution in [2.45, 2.75) is 33.0 Å². The molecule has 1 N–H and O–H groups in total. The summed E-state index contributed by atoms with van der Waals surface area (Å²) in [6, 6.07) is 10.7. The minimum absolute atomic E-state index is 0.0313. The SMILES string of the molecule is Cc1nccn1C(C)C(=O)N1CCn2nc(C(=O)Nc3ccccc3)cc2C1. The number of carbonyl (C=O) groups is 2. The van der Waals surface area contributed by atoms with Crippen molar-refractivity contribution in [2.24, 2.45) is 0 Å². The van der Waals surface area contributed by atoms with Gasteiger partial charge >= 0.3 is 0 Å². The Balaban J connectivity index is 1.46. The van der Waals surface area contributed by atoms with Gasteiger partial charge in [0.05, 0.1) is 18.8 Å². The molecule has 1 aromatic carbocycles. The number of para-hydroxylation sites is 1. The molecule has 0 aliphatic carbocycles. The number of amides is 2. The first-order valence-electron chi connectivity index (χ1n) is 9.24. The fraction of sp³-hybridized carbons (Fsp3) is 0.300. The van der Waals surface area contributed by atoms with E-state index in [0.29, 0.717) is 25.3 Å². The van der Waals surface area contributed by atoms with E-state index < -0.39 is 0 Å². The standard InChI is InChI=1S/C20H22N6O2/c1-14(25-9-8-21-15(25)2)20(28)24-10-11-26-17(13-24)12-18(23-26)19(27)22-16-6-4-3-5-7-16/h3-9,12,14H,10-11,13H2,1-2H3,(H,22,27). The van der Waals surface area contributed by atoms with E-state index in [2.05, 4.69) is 15.4 Å². The highest BCUT2D eigenvalue weighted by Crippen LogP contribution is 2.19. The van der Waals surface area contributed by atoms with Crippen LogP contribution in [0, 0.1) is 6.92 Å². The van der Waals surface area contributed by atoms with Crippen LogP contribution in [0.3, 0.4) is 0 Å². The van der Waals surface area contributed by atoms with E-state index >= 15 is 0 Å². The van der Waals surface area contributed by atoms with Gasteiger partial charge in [-0.15, -0.1) is 0 Å². The monoisotopic (exact) mass is 378 g/mol. The molecule has 2 amide bonds. The van der Waals surface area contributed by atoms with Crippen molar-refractivity contribution >= 4 is 17.5 Å². The molecule has 0 fully saturated rings. The summed E-state index contributed by atoms with van der Waals surface area (Å²) in [7, 11) is 0. The van der Waals surface area contributed by atoms with Gasteiger partial charge in [0.2, 0.25) is 5.91 Å². The van der Waals surface area contributed by atoms with Gasteiger partial charge in [-0.05, 0) is 32.0 Å². The number of nitrogens with one attached hydrogen (secondary N) is 1. The van der Waals surface area contributed by atoms with Gasteiger partial charge in [-0.2, -0.15) is 5.10 Å². The third-order valence-corrected chi connectivity index (χ3v) is 5.01. The maximum atomic E-state index is 12.9. The van der Waals surface area contributed by atoms with Crippen LogP contribution in [0.2, 0.25) is 0 Å². The third kappa shape index (κ3) is 3.40. The lowest BCUT2D eigenvalue weighted by Crippen LogP contribution is -2.41. The number of benzene rings is 1. The number of anilines is 1. The Bertz CT molecular complexity index is 1010. The number of aromatic nitrogens is 4. The van der Waals surface area contributed by atoms with Crippen molar-refractivity contribution in [2.75, 3.05) is 11.9 Å². The van der Waals surface area contributed by atoms with Gasteiger partial charge in [0, 0.05) is 24.6 Å². The average molecular weight is 378 g/mol. The van der Waals surface area contributed by atoms with E-state index in [0.717, 1.165) is 17.2 Å². The van der Waals surface area contributed by atoms with E-state index in [1.165, 1.54) is 0 Å². The molecule has 28 heavy (non-hydrogen) atoms. The third-order valence-electron chi connectivity index (χ3n) is 5.01. The van der Waals surface area contributed by atoms with Crippen LogP contribution in [-0.4, -0.2) is 42.6 Å². The minimum atomic E-state index is -0.321. The van der Waals surface area contributed by atoms with E-state index in [-0.39, 0.29) is 17.9 Å². The molecule has 3 heterocycles. The van der Waals surface area contributed by atoms with Crippen molar-refractivity contribution < 1.29 is 9.59 Å². The van der Waals surface area contributed by atoms with Gasteiger partial charge in [-0.25, -0.2) is 4.98 Å². The van der Waals surface area contributed by atoms with Crippen LogP contribution in [0.1, 0.15) is 35.0 Å². The largest absolute Gasteiger partial charge is 0.333 e. The summed E-state index contributed by atoms with van der Waals surface area (Å²) < 4.78 is 3.67. The summed E-state index contributed by atoms with van der Waals surface area (Å²) in [5, 5.41) is 7.24. The second-order valence-corrected chi connectivity index (χ2v) is 6.88. The molecule has 1 unspecified atom stereocenters. The Morgan fingerprint density at radius 1 is 1.18 bits per heavy atom. The van der Waals surface area contributed by atoms with Crippen LogP contribution >= 0.6 is 0 Å². The number of hydrogen-bond donors (Lipinski definition) is 1. The number of aryl methyl sites for hydroxylation is 1. The predicted octanol–water partition coefficient (Wildman–Crippen LogP) is 2.24. The molecule has 1 aliphatic heterocycles. The number of nitrogens with zero attached hydrogens (tertiary/aromatic N) is 5. The Hall–Kier alpha value is -3.42. The van der Waals surface area contributed by atoms with Gasteiger partial charge in [-0.1, -0.05) is 18.2 Å². The molecule has 8 heteroatoms. The highest BCUT2D eigenvalue weighted by Gasteiger charge is 2.28. The van der Waals surface area contributed by atoms with Gasteiger partial charge < -0.3 is 14.8 Å². The van der Waals surface area contributed by atoms with Crippen molar-refractivity contribution in [1.29, 1.82) is 0 Å². The molecule has 1 atom stereocenters. The van der Waals surface area contributed by atoms with Gasteiger partial charge in [-0.3, -0.25) is 14.3 Å². The van der Waals surface area contributed by atoms with Crippen LogP contribution in [0.4, 0.5) is 5.69 Å². The molecule has 0 bridgehead atoms. The summed E-state index contributed by atoms with van der Waals surface area (Å²) in [5.74, 6) is 0.583. The lowest BCUT2D eigenvalue weighted by Gasteiger charge is -2.30. The van der Waals surface area contributed by atoms with E-state index in [4.69, 9.17) is 0 Å². The molecule has 0 spiro atoms. The van der Waals surface area contributed by atoms with Crippen LogP contribution in [-0.2, 0) is 17.9 Å². The first-order valence-corrected chi connectivity index (χ1v) is 9.24. The zero-order valence-electron chi connectivity index (χ0n) is 15.9. The molecule has 2 aromatic heterocycles. The summed E-state index contributed by atoms with van der Waals surface area (Å²) in [4.78, 5) is 31.4. The summed E-state index contributed by atoms with van der Waals surface area (Å²) in [6.45, 7) is 5.32. The fourth-order valence-corrected chi connectivity index (χ4v) is 3.46. The fourth-order valence-electron chi connectivity index (χ4n) is 3.46. The quantitative estimate of drug-likeness (QED) is 0.755.